The smallest absolute Gasteiger partial charge is 0.298 e. The van der Waals surface area contributed by atoms with Gasteiger partial charge in [-0.05, 0) is 12.1 Å². The zero-order valence-electron chi connectivity index (χ0n) is 8.08. The van der Waals surface area contributed by atoms with Crippen molar-refractivity contribution in [1.29, 1.82) is 0 Å². The van der Waals surface area contributed by atoms with Crippen LogP contribution in [0.4, 0.5) is 5.69 Å². The van der Waals surface area contributed by atoms with Crippen LogP contribution < -0.4 is 5.73 Å². The number of phenols is 1. The summed E-state index contributed by atoms with van der Waals surface area (Å²) < 4.78 is 52.7. The lowest BCUT2D eigenvalue weighted by molar-refractivity contribution is 0.444. The molecule has 0 aliphatic heterocycles. The van der Waals surface area contributed by atoms with Gasteiger partial charge in [0, 0.05) is 6.26 Å². The molecular formula is C7H9NO6S2. The van der Waals surface area contributed by atoms with Crippen molar-refractivity contribution in [1.82, 2.24) is 0 Å². The Bertz CT molecular complexity index is 631. The Kier molecular flexibility index (Phi) is 2.88. The van der Waals surface area contributed by atoms with Gasteiger partial charge in [0.1, 0.15) is 4.90 Å². The van der Waals surface area contributed by atoms with Crippen LogP contribution in [0.1, 0.15) is 0 Å². The van der Waals surface area contributed by atoms with Crippen LogP contribution in [0.25, 0.3) is 0 Å². The number of rotatable bonds is 2. The number of benzene rings is 1. The van der Waals surface area contributed by atoms with Crippen LogP contribution in [0.15, 0.2) is 21.9 Å². The van der Waals surface area contributed by atoms with Gasteiger partial charge in [0.05, 0.1) is 10.6 Å². The van der Waals surface area contributed by atoms with E-state index in [0.29, 0.717) is 6.07 Å². The van der Waals surface area contributed by atoms with Gasteiger partial charge in [-0.15, -0.1) is 0 Å². The van der Waals surface area contributed by atoms with Crippen molar-refractivity contribution in [2.45, 2.75) is 9.79 Å². The molecular weight excluding hydrogens is 258 g/mol. The zero-order chi connectivity index (χ0) is 12.7. The van der Waals surface area contributed by atoms with Crippen molar-refractivity contribution in [2.75, 3.05) is 12.0 Å². The molecule has 0 atom stereocenters. The van der Waals surface area contributed by atoms with Crippen LogP contribution in [0.3, 0.4) is 0 Å². The quantitative estimate of drug-likeness (QED) is 0.377. The molecule has 0 bridgehead atoms. The van der Waals surface area contributed by atoms with Crippen LogP contribution in [0.2, 0.25) is 0 Å². The molecule has 90 valence electrons. The summed E-state index contributed by atoms with van der Waals surface area (Å²) in [6.45, 7) is 0. The Balaban J connectivity index is 3.72. The summed E-state index contributed by atoms with van der Waals surface area (Å²) in [7, 11) is -8.42. The molecule has 0 fully saturated rings. The molecule has 0 saturated heterocycles. The van der Waals surface area contributed by atoms with Gasteiger partial charge in [-0.1, -0.05) is 0 Å². The van der Waals surface area contributed by atoms with Crippen molar-refractivity contribution in [2.24, 2.45) is 0 Å². The molecule has 1 rings (SSSR count). The number of hydrogen-bond acceptors (Lipinski definition) is 6. The van der Waals surface area contributed by atoms with E-state index in [1.54, 1.807) is 0 Å². The lowest BCUT2D eigenvalue weighted by Gasteiger charge is -2.07. The first-order chi connectivity index (χ1) is 7.03. The Labute approximate surface area is 92.2 Å². The zero-order valence-corrected chi connectivity index (χ0v) is 9.71. The number of phenolic OH excluding ortho intramolecular Hbond substituents is 1. The molecule has 9 heteroatoms. The second-order valence-electron chi connectivity index (χ2n) is 3.11. The van der Waals surface area contributed by atoms with E-state index in [2.05, 4.69) is 0 Å². The second-order valence-corrected chi connectivity index (χ2v) is 6.51. The average Bonchev–Trinajstić information content (AvgIpc) is 2.05. The topological polar surface area (TPSA) is 135 Å². The maximum absolute atomic E-state index is 11.2. The number of sulfone groups is 1. The largest absolute Gasteiger partial charge is 0.504 e. The number of hydrogen-bond donors (Lipinski definition) is 3. The molecule has 16 heavy (non-hydrogen) atoms. The molecule has 0 spiro atoms. The molecule has 0 heterocycles. The van der Waals surface area contributed by atoms with Gasteiger partial charge in [-0.25, -0.2) is 8.42 Å². The second kappa shape index (κ2) is 3.61. The molecule has 1 aromatic carbocycles. The fourth-order valence-corrected chi connectivity index (χ4v) is 2.40. The highest BCUT2D eigenvalue weighted by molar-refractivity contribution is 7.90. The molecule has 0 unspecified atom stereocenters. The highest BCUT2D eigenvalue weighted by Gasteiger charge is 2.21. The summed E-state index contributed by atoms with van der Waals surface area (Å²) in [5.74, 6) is -0.880. The molecule has 7 nitrogen and oxygen atoms in total. The summed E-state index contributed by atoms with van der Waals surface area (Å²) >= 11 is 0. The van der Waals surface area contributed by atoms with Crippen LogP contribution in [-0.4, -0.2) is 32.8 Å². The highest BCUT2D eigenvalue weighted by Crippen LogP contribution is 2.31. The summed E-state index contributed by atoms with van der Waals surface area (Å²) in [6, 6.07) is 1.54. The number of anilines is 1. The Morgan fingerprint density at radius 1 is 1.19 bits per heavy atom. The molecule has 0 aliphatic carbocycles. The minimum Gasteiger partial charge on any atom is -0.504 e. The monoisotopic (exact) mass is 267 g/mol. The van der Waals surface area contributed by atoms with Gasteiger partial charge < -0.3 is 10.8 Å². The molecule has 4 N–H and O–H groups in total. The van der Waals surface area contributed by atoms with E-state index >= 15 is 0 Å². The minimum absolute atomic E-state index is 0.407. The van der Waals surface area contributed by atoms with Gasteiger partial charge in [0.15, 0.2) is 15.6 Å². The third-order valence-corrected chi connectivity index (χ3v) is 3.74. The van der Waals surface area contributed by atoms with Crippen molar-refractivity contribution in [3.63, 3.8) is 0 Å². The summed E-state index contributed by atoms with van der Waals surface area (Å²) in [4.78, 5) is -1.34. The summed E-state index contributed by atoms with van der Waals surface area (Å²) in [6.07, 6.45) is 0.840. The van der Waals surface area contributed by atoms with E-state index in [-0.39, 0.29) is 0 Å². The Hall–Kier alpha value is -1.32. The van der Waals surface area contributed by atoms with Gasteiger partial charge in [0.2, 0.25) is 0 Å². The van der Waals surface area contributed by atoms with Gasteiger partial charge in [-0.3, -0.25) is 4.55 Å². The van der Waals surface area contributed by atoms with Crippen molar-refractivity contribution >= 4 is 25.6 Å². The maximum Gasteiger partial charge on any atom is 0.298 e. The predicted octanol–water partition coefficient (Wildman–Crippen LogP) is -0.375. The fourth-order valence-electron chi connectivity index (χ4n) is 1.01. The van der Waals surface area contributed by atoms with Crippen LogP contribution in [0, 0.1) is 0 Å². The van der Waals surface area contributed by atoms with E-state index < -0.39 is 41.2 Å². The van der Waals surface area contributed by atoms with Crippen LogP contribution >= 0.6 is 0 Å². The maximum atomic E-state index is 11.2. The van der Waals surface area contributed by atoms with Gasteiger partial charge in [0.25, 0.3) is 10.1 Å². The first-order valence-electron chi connectivity index (χ1n) is 3.83. The minimum atomic E-state index is -4.73. The van der Waals surface area contributed by atoms with Gasteiger partial charge in [-0.2, -0.15) is 8.42 Å². The molecule has 0 aromatic heterocycles. The molecule has 0 saturated carbocycles. The lowest BCUT2D eigenvalue weighted by atomic mass is 10.3. The standard InChI is InChI=1S/C7H9NO6S2/c1-15(10,11)4-2-5(8)7(9)6(3-4)16(12,13)14/h2-3,9H,8H2,1H3,(H,12,13,14). The van der Waals surface area contributed by atoms with Gasteiger partial charge >= 0.3 is 0 Å². The van der Waals surface area contributed by atoms with E-state index in [0.717, 1.165) is 12.3 Å². The van der Waals surface area contributed by atoms with E-state index in [1.807, 2.05) is 0 Å². The molecule has 0 radical (unpaired) electrons. The average molecular weight is 267 g/mol. The summed E-state index contributed by atoms with van der Waals surface area (Å²) in [5, 5.41) is 9.26. The molecule has 0 aliphatic rings. The van der Waals surface area contributed by atoms with E-state index in [4.69, 9.17) is 10.3 Å². The van der Waals surface area contributed by atoms with E-state index in [1.165, 1.54) is 0 Å². The Morgan fingerprint density at radius 2 is 1.69 bits per heavy atom. The number of aromatic hydroxyl groups is 1. The first-order valence-corrected chi connectivity index (χ1v) is 7.16. The third kappa shape index (κ3) is 2.43. The summed E-state index contributed by atoms with van der Waals surface area (Å²) in [5.41, 5.74) is 4.78. The lowest BCUT2D eigenvalue weighted by Crippen LogP contribution is -2.05. The third-order valence-electron chi connectivity index (χ3n) is 1.78. The van der Waals surface area contributed by atoms with E-state index in [9.17, 15) is 21.9 Å². The Morgan fingerprint density at radius 3 is 2.06 bits per heavy atom. The SMILES string of the molecule is CS(=O)(=O)c1cc(N)c(O)c(S(=O)(=O)O)c1. The van der Waals surface area contributed by atoms with Crippen LogP contribution in [0.5, 0.6) is 5.75 Å². The van der Waals surface area contributed by atoms with Crippen molar-refractivity contribution in [3.05, 3.63) is 12.1 Å². The first kappa shape index (κ1) is 12.7. The number of nitrogen functional groups attached to an aromatic ring is 1. The van der Waals surface area contributed by atoms with Crippen molar-refractivity contribution < 1.29 is 26.5 Å². The molecule has 0 amide bonds. The highest BCUT2D eigenvalue weighted by atomic mass is 32.2. The fraction of sp³-hybridized carbons (Fsp3) is 0.143. The number of nitrogens with two attached hydrogens (primary N) is 1. The predicted molar refractivity (Wildman–Crippen MR) is 55.4 cm³/mol. The molecule has 1 aromatic rings. The van der Waals surface area contributed by atoms with Crippen molar-refractivity contribution in [3.8, 4) is 5.75 Å². The van der Waals surface area contributed by atoms with Crippen LogP contribution in [-0.2, 0) is 20.0 Å². The normalized spacial score (nSPS) is 12.6.